The second-order valence-electron chi connectivity index (χ2n) is 15.6. The van der Waals surface area contributed by atoms with E-state index >= 15 is 0 Å². The number of carboxylic acids is 2. The van der Waals surface area contributed by atoms with Gasteiger partial charge in [0.2, 0.25) is 0 Å². The maximum Gasteiger partial charge on any atom is 0.328 e. The summed E-state index contributed by atoms with van der Waals surface area (Å²) in [5, 5.41) is 32.2. The highest BCUT2D eigenvalue weighted by Gasteiger charge is 2.44. The molecule has 0 spiro atoms. The number of nitrogens with one attached hydrogen (secondary N) is 2. The van der Waals surface area contributed by atoms with E-state index in [0.29, 0.717) is 77.5 Å². The predicted octanol–water partition coefficient (Wildman–Crippen LogP) is 1.54. The fourth-order valence-corrected chi connectivity index (χ4v) is 8.52. The summed E-state index contributed by atoms with van der Waals surface area (Å²) in [5.74, 6) is -3.27. The van der Waals surface area contributed by atoms with Gasteiger partial charge in [0.15, 0.2) is 0 Å². The summed E-state index contributed by atoms with van der Waals surface area (Å²) in [6, 6.07) is 15.5. The highest BCUT2D eigenvalue weighted by molar-refractivity contribution is 5.89. The number of hydrazine groups is 2. The number of hydrogen-bond donors (Lipinski definition) is 4. The molecule has 4 aliphatic rings. The van der Waals surface area contributed by atoms with Crippen molar-refractivity contribution >= 4 is 35.7 Å². The number of fused-ring (bicyclic) bond motifs is 2. The maximum atomic E-state index is 13.3. The second-order valence-corrected chi connectivity index (χ2v) is 15.6. The minimum absolute atomic E-state index is 0. The third kappa shape index (κ3) is 14.0. The summed E-state index contributed by atoms with van der Waals surface area (Å²) in [4.78, 5) is 75.2. The summed E-state index contributed by atoms with van der Waals surface area (Å²) in [7, 11) is 0. The van der Waals surface area contributed by atoms with Crippen LogP contribution >= 0.6 is 0 Å². The summed E-state index contributed by atoms with van der Waals surface area (Å²) >= 11 is 0. The molecule has 4 fully saturated rings. The lowest BCUT2D eigenvalue weighted by molar-refractivity contribution is -0.174. The Bertz CT molecular complexity index is 1610. The Morgan fingerprint density at radius 2 is 0.935 bits per heavy atom. The van der Waals surface area contributed by atoms with E-state index in [2.05, 4.69) is 10.6 Å². The van der Waals surface area contributed by atoms with Crippen LogP contribution in [0.1, 0.15) is 89.2 Å². The van der Waals surface area contributed by atoms with E-state index in [-0.39, 0.29) is 47.9 Å². The molecule has 62 heavy (non-hydrogen) atoms. The number of ether oxygens (including phenoxy) is 2. The first-order valence-corrected chi connectivity index (χ1v) is 21.6. The molecule has 6 atom stereocenters. The normalized spacial score (nSPS) is 22.6. The molecular weight excluding hydrogens is 805 g/mol. The predicted molar refractivity (Wildman–Crippen MR) is 228 cm³/mol. The van der Waals surface area contributed by atoms with Crippen LogP contribution in [0.3, 0.4) is 0 Å². The van der Waals surface area contributed by atoms with Crippen molar-refractivity contribution in [3.63, 3.8) is 0 Å². The van der Waals surface area contributed by atoms with E-state index in [1.807, 2.05) is 70.7 Å². The molecule has 344 valence electrons. The second kappa shape index (κ2) is 25.8. The molecule has 2 aromatic rings. The minimum Gasteiger partial charge on any atom is -0.480 e. The fraction of sp³-hybridized carbons (Fsp3) is 0.591. The van der Waals surface area contributed by atoms with Crippen LogP contribution in [0, 0.1) is 0 Å². The Balaban J connectivity index is 0.000000320. The lowest BCUT2D eigenvalue weighted by atomic mass is 10.0. The average Bonchev–Trinajstić information content (AvgIpc) is 3.51. The number of amides is 2. The lowest BCUT2D eigenvalue weighted by Gasteiger charge is -2.42. The largest absolute Gasteiger partial charge is 0.480 e. The van der Waals surface area contributed by atoms with Gasteiger partial charge in [-0.1, -0.05) is 60.7 Å². The van der Waals surface area contributed by atoms with Crippen molar-refractivity contribution in [2.75, 3.05) is 39.4 Å². The number of carbonyl (C=O) groups excluding carboxylic acids is 4. The molecule has 0 aromatic heterocycles. The molecule has 8 N–H and O–H groups in total. The Labute approximate surface area is 363 Å². The van der Waals surface area contributed by atoms with E-state index in [1.165, 1.54) is 10.0 Å². The molecule has 4 aliphatic heterocycles. The topological polar surface area (TPSA) is 261 Å². The smallest absolute Gasteiger partial charge is 0.328 e. The van der Waals surface area contributed by atoms with Crippen LogP contribution in [0.2, 0.25) is 0 Å². The van der Waals surface area contributed by atoms with Gasteiger partial charge in [-0.3, -0.25) is 39.8 Å². The van der Waals surface area contributed by atoms with Gasteiger partial charge in [0.05, 0.1) is 25.3 Å². The quantitative estimate of drug-likeness (QED) is 0.175. The summed E-state index contributed by atoms with van der Waals surface area (Å²) in [6.07, 6.45) is 7.34. The van der Waals surface area contributed by atoms with Crippen molar-refractivity contribution in [3.05, 3.63) is 71.8 Å². The molecule has 0 saturated carbocycles. The van der Waals surface area contributed by atoms with Crippen molar-refractivity contribution in [1.82, 2.24) is 30.7 Å². The van der Waals surface area contributed by atoms with Gasteiger partial charge in [-0.2, -0.15) is 0 Å². The van der Waals surface area contributed by atoms with E-state index in [1.54, 1.807) is 13.8 Å². The van der Waals surface area contributed by atoms with Gasteiger partial charge >= 0.3 is 23.9 Å². The molecule has 0 bridgehead atoms. The van der Waals surface area contributed by atoms with Gasteiger partial charge in [-0.15, -0.1) is 0 Å². The Kier molecular flexibility index (Phi) is 21.4. The van der Waals surface area contributed by atoms with Crippen LogP contribution < -0.4 is 10.6 Å². The molecule has 0 unspecified atom stereocenters. The average molecular weight is 871 g/mol. The molecule has 18 nitrogen and oxygen atoms in total. The van der Waals surface area contributed by atoms with Gasteiger partial charge in [0.25, 0.3) is 11.8 Å². The molecule has 6 rings (SSSR count). The van der Waals surface area contributed by atoms with Crippen LogP contribution in [-0.4, -0.2) is 153 Å². The number of benzene rings is 2. The number of carbonyl (C=O) groups is 6. The van der Waals surface area contributed by atoms with Crippen LogP contribution in [0.5, 0.6) is 0 Å². The molecule has 2 aromatic carbocycles. The van der Waals surface area contributed by atoms with Crippen molar-refractivity contribution in [2.24, 2.45) is 0 Å². The van der Waals surface area contributed by atoms with Gasteiger partial charge in [0, 0.05) is 26.2 Å². The Morgan fingerprint density at radius 3 is 1.26 bits per heavy atom. The molecule has 0 aliphatic carbocycles. The van der Waals surface area contributed by atoms with Crippen LogP contribution in [0.25, 0.3) is 0 Å². The first-order valence-electron chi connectivity index (χ1n) is 21.6. The molecule has 4 heterocycles. The number of aliphatic carboxylic acids is 2. The van der Waals surface area contributed by atoms with Crippen molar-refractivity contribution in [2.45, 2.75) is 127 Å². The summed E-state index contributed by atoms with van der Waals surface area (Å²) < 4.78 is 10.5. The van der Waals surface area contributed by atoms with E-state index in [4.69, 9.17) is 9.47 Å². The number of aryl methyl sites for hydroxylation is 2. The third-order valence-corrected chi connectivity index (χ3v) is 11.5. The SMILES string of the molecule is CCOC(=O)[C@H](CCc1ccccc1)N[C@H]1CCCN2CCC[C@@H](C(=O)O)N2C1=O.CCOC(=O)[C@H](CCc1ccccc1)N[C@H]1CCCN2CCC[C@@H](C(=O)O)N2C1=O.O.O. The third-order valence-electron chi connectivity index (χ3n) is 11.5. The molecule has 18 heteroatoms. The van der Waals surface area contributed by atoms with Crippen molar-refractivity contribution < 1.29 is 59.4 Å². The van der Waals surface area contributed by atoms with Gasteiger partial charge in [-0.05, 0) is 102 Å². The molecule has 0 radical (unpaired) electrons. The number of hydrogen-bond acceptors (Lipinski definition) is 12. The van der Waals surface area contributed by atoms with Crippen molar-refractivity contribution in [1.29, 1.82) is 0 Å². The minimum atomic E-state index is -0.986. The highest BCUT2D eigenvalue weighted by atomic mass is 16.5. The number of rotatable bonds is 16. The zero-order chi connectivity index (χ0) is 43.0. The van der Waals surface area contributed by atoms with E-state index in [9.17, 15) is 39.0 Å². The monoisotopic (exact) mass is 870 g/mol. The number of carboxylic acid groups (broad SMARTS) is 2. The molecular formula is C44H66N6O12. The molecule has 2 amide bonds. The zero-order valence-corrected chi connectivity index (χ0v) is 35.9. The highest BCUT2D eigenvalue weighted by Crippen LogP contribution is 2.26. The van der Waals surface area contributed by atoms with E-state index in [0.717, 1.165) is 36.8 Å². The lowest BCUT2D eigenvalue weighted by Crippen LogP contribution is -2.61. The van der Waals surface area contributed by atoms with Crippen LogP contribution in [0.15, 0.2) is 60.7 Å². The number of nitrogens with zero attached hydrogens (tertiary/aromatic N) is 4. The standard InChI is InChI=1S/2C22H31N3O5.2H2O/c2*1-2-30-22(29)18(13-12-16-8-4-3-5-9-16)23-17-10-6-14-24-15-7-11-19(21(27)28)25(24)20(17)26;;/h2*3-5,8-9,17-19,23H,2,6-7,10-15H2,1H3,(H,27,28);2*1H2/t2*17-,18-,19-;;/m00../s1. The Morgan fingerprint density at radius 1 is 0.597 bits per heavy atom. The fourth-order valence-electron chi connectivity index (χ4n) is 8.52. The van der Waals surface area contributed by atoms with Crippen molar-refractivity contribution in [3.8, 4) is 0 Å². The molecule has 4 saturated heterocycles. The maximum absolute atomic E-state index is 13.3. The summed E-state index contributed by atoms with van der Waals surface area (Å²) in [6.45, 7) is 6.68. The van der Waals surface area contributed by atoms with Crippen LogP contribution in [-0.2, 0) is 51.1 Å². The van der Waals surface area contributed by atoms with Gasteiger partial charge in [-0.25, -0.2) is 19.6 Å². The zero-order valence-electron chi connectivity index (χ0n) is 35.9. The van der Waals surface area contributed by atoms with Crippen LogP contribution in [0.4, 0.5) is 0 Å². The first-order chi connectivity index (χ1) is 29.0. The van der Waals surface area contributed by atoms with Gasteiger partial charge < -0.3 is 30.6 Å². The van der Waals surface area contributed by atoms with E-state index < -0.39 is 48.2 Å². The summed E-state index contributed by atoms with van der Waals surface area (Å²) in [5.41, 5.74) is 2.21. The number of esters is 2. The first kappa shape index (κ1) is 51.4. The van der Waals surface area contributed by atoms with Gasteiger partial charge in [0.1, 0.15) is 24.2 Å². The Hall–Kier alpha value is -4.98.